The van der Waals surface area contributed by atoms with Gasteiger partial charge < -0.3 is 19.7 Å². The van der Waals surface area contributed by atoms with Crippen LogP contribution in [0.1, 0.15) is 40.2 Å². The highest BCUT2D eigenvalue weighted by Gasteiger charge is 2.29. The van der Waals surface area contributed by atoms with Crippen LogP contribution in [0, 0.1) is 0 Å². The average molecular weight is 451 g/mol. The Hall–Kier alpha value is -4.18. The number of aromatic nitrogens is 1. The van der Waals surface area contributed by atoms with Gasteiger partial charge in [0.15, 0.2) is 17.6 Å². The van der Waals surface area contributed by atoms with Gasteiger partial charge in [0.05, 0.1) is 6.54 Å². The van der Waals surface area contributed by atoms with E-state index in [1.807, 2.05) is 41.9 Å². The van der Waals surface area contributed by atoms with Gasteiger partial charge in [0, 0.05) is 12.0 Å². The molecule has 33 heavy (non-hydrogen) atoms. The number of hydroxylamine groups is 1. The van der Waals surface area contributed by atoms with Crippen LogP contribution in [0.3, 0.4) is 0 Å². The Balaban J connectivity index is 1.29. The van der Waals surface area contributed by atoms with E-state index in [0.29, 0.717) is 0 Å². The first-order valence-electron chi connectivity index (χ1n) is 10.2. The van der Waals surface area contributed by atoms with Crippen LogP contribution in [0.4, 0.5) is 4.79 Å². The number of carboxylic acids is 1. The van der Waals surface area contributed by atoms with Gasteiger partial charge in [-0.05, 0) is 29.2 Å². The molecule has 0 fully saturated rings. The van der Waals surface area contributed by atoms with E-state index < -0.39 is 24.1 Å². The van der Waals surface area contributed by atoms with Crippen molar-refractivity contribution in [2.75, 3.05) is 6.61 Å². The highest BCUT2D eigenvalue weighted by Crippen LogP contribution is 2.44. The molecule has 4 rings (SSSR count). The summed E-state index contributed by atoms with van der Waals surface area (Å²) in [6, 6.07) is 17.4. The second-order valence-electron chi connectivity index (χ2n) is 7.39. The number of alkyl carbamates (subject to hydrolysis) is 1. The lowest BCUT2D eigenvalue weighted by Crippen LogP contribution is -2.32. The predicted octanol–water partition coefficient (Wildman–Crippen LogP) is 2.85. The summed E-state index contributed by atoms with van der Waals surface area (Å²) < 4.78 is 10.4. The van der Waals surface area contributed by atoms with Gasteiger partial charge in [-0.15, -0.1) is 0 Å². The third kappa shape index (κ3) is 4.85. The minimum atomic E-state index is -1.23. The molecule has 0 saturated heterocycles. The van der Waals surface area contributed by atoms with Gasteiger partial charge in [-0.2, -0.15) is 0 Å². The summed E-state index contributed by atoms with van der Waals surface area (Å²) in [5.74, 6) is -1.86. The second kappa shape index (κ2) is 9.53. The Labute approximate surface area is 188 Å². The van der Waals surface area contributed by atoms with Crippen LogP contribution < -0.4 is 10.8 Å². The fourth-order valence-corrected chi connectivity index (χ4v) is 3.56. The van der Waals surface area contributed by atoms with Crippen molar-refractivity contribution in [3.05, 3.63) is 77.2 Å². The summed E-state index contributed by atoms with van der Waals surface area (Å²) in [7, 11) is 0. The number of fused-ring (bicyclic) bond motifs is 3. The van der Waals surface area contributed by atoms with Crippen molar-refractivity contribution in [1.82, 2.24) is 16.0 Å². The SMILES string of the molecule is CC(ONC(=O)c1cc(CNC(=O)OCC2c3ccccc3-c3ccccc32)on1)C(=O)O. The number of amides is 2. The molecule has 1 aliphatic rings. The molecule has 0 radical (unpaired) electrons. The monoisotopic (exact) mass is 451 g/mol. The molecule has 1 aromatic heterocycles. The highest BCUT2D eigenvalue weighted by molar-refractivity contribution is 5.91. The van der Waals surface area contributed by atoms with E-state index in [0.717, 1.165) is 22.3 Å². The largest absolute Gasteiger partial charge is 0.479 e. The number of ether oxygens (including phenoxy) is 1. The van der Waals surface area contributed by atoms with Crippen molar-refractivity contribution >= 4 is 18.0 Å². The van der Waals surface area contributed by atoms with E-state index in [-0.39, 0.29) is 30.5 Å². The van der Waals surface area contributed by atoms with E-state index in [4.69, 9.17) is 14.4 Å². The van der Waals surface area contributed by atoms with Crippen LogP contribution in [0.2, 0.25) is 0 Å². The molecule has 2 aromatic carbocycles. The summed E-state index contributed by atoms with van der Waals surface area (Å²) in [6.07, 6.45) is -1.87. The summed E-state index contributed by atoms with van der Waals surface area (Å²) >= 11 is 0. The number of aliphatic carboxylic acids is 1. The molecule has 1 heterocycles. The average Bonchev–Trinajstić information content (AvgIpc) is 3.42. The molecule has 10 heteroatoms. The van der Waals surface area contributed by atoms with Crippen LogP contribution >= 0.6 is 0 Å². The Morgan fingerprint density at radius 1 is 1.09 bits per heavy atom. The summed E-state index contributed by atoms with van der Waals surface area (Å²) in [4.78, 5) is 39.5. The topological polar surface area (TPSA) is 140 Å². The van der Waals surface area contributed by atoms with Crippen molar-refractivity contribution in [2.24, 2.45) is 0 Å². The zero-order valence-electron chi connectivity index (χ0n) is 17.6. The predicted molar refractivity (Wildman–Crippen MR) is 114 cm³/mol. The number of carboxylic acid groups (broad SMARTS) is 1. The van der Waals surface area contributed by atoms with Crippen molar-refractivity contribution in [3.63, 3.8) is 0 Å². The molecule has 1 unspecified atom stereocenters. The molecule has 170 valence electrons. The molecular formula is C23H21N3O7. The van der Waals surface area contributed by atoms with Crippen LogP contribution in [0.25, 0.3) is 11.1 Å². The Bertz CT molecular complexity index is 1140. The normalized spacial score (nSPS) is 13.0. The van der Waals surface area contributed by atoms with E-state index >= 15 is 0 Å². The van der Waals surface area contributed by atoms with Crippen molar-refractivity contribution in [1.29, 1.82) is 0 Å². The lowest BCUT2D eigenvalue weighted by Gasteiger charge is -2.14. The maximum Gasteiger partial charge on any atom is 0.407 e. The van der Waals surface area contributed by atoms with Gasteiger partial charge in [0.2, 0.25) is 0 Å². The number of hydrogen-bond acceptors (Lipinski definition) is 7. The van der Waals surface area contributed by atoms with E-state index in [2.05, 4.69) is 27.4 Å². The number of carbonyl (C=O) groups is 3. The van der Waals surface area contributed by atoms with E-state index in [1.54, 1.807) is 0 Å². The quantitative estimate of drug-likeness (QED) is 0.444. The van der Waals surface area contributed by atoms with E-state index in [1.165, 1.54) is 13.0 Å². The van der Waals surface area contributed by atoms with Crippen molar-refractivity contribution in [2.45, 2.75) is 25.5 Å². The third-order valence-electron chi connectivity index (χ3n) is 5.22. The van der Waals surface area contributed by atoms with Gasteiger partial charge in [0.25, 0.3) is 5.91 Å². The first kappa shape index (κ1) is 22.0. The smallest absolute Gasteiger partial charge is 0.407 e. The zero-order valence-corrected chi connectivity index (χ0v) is 17.6. The number of nitrogens with one attached hydrogen (secondary N) is 2. The first-order chi connectivity index (χ1) is 15.9. The molecule has 0 saturated carbocycles. The molecule has 1 aliphatic carbocycles. The maximum absolute atomic E-state index is 12.2. The third-order valence-corrected chi connectivity index (χ3v) is 5.22. The molecule has 10 nitrogen and oxygen atoms in total. The molecule has 0 spiro atoms. The molecule has 0 aliphatic heterocycles. The first-order valence-corrected chi connectivity index (χ1v) is 10.2. The summed E-state index contributed by atoms with van der Waals surface area (Å²) in [5, 5.41) is 14.9. The van der Waals surface area contributed by atoms with Crippen LogP contribution in [-0.2, 0) is 20.9 Å². The van der Waals surface area contributed by atoms with Gasteiger partial charge in [0.1, 0.15) is 6.61 Å². The van der Waals surface area contributed by atoms with E-state index in [9.17, 15) is 14.4 Å². The highest BCUT2D eigenvalue weighted by atomic mass is 16.7. The summed E-state index contributed by atoms with van der Waals surface area (Å²) in [6.45, 7) is 1.38. The number of benzene rings is 2. The Kier molecular flexibility index (Phi) is 6.36. The standard InChI is InChI=1S/C23H21N3O7/c1-13(22(28)29)32-26-21(27)20-10-14(33-25-20)11-24-23(30)31-12-19-17-8-4-2-6-15(17)16-7-3-5-9-18(16)19/h2-10,13,19H,11-12H2,1H3,(H,24,30)(H,26,27)(H,28,29). The summed E-state index contributed by atoms with van der Waals surface area (Å²) in [5.41, 5.74) is 6.33. The fraction of sp³-hybridized carbons (Fsp3) is 0.217. The van der Waals surface area contributed by atoms with Gasteiger partial charge in [-0.3, -0.25) is 9.63 Å². The molecule has 3 aromatic rings. The lowest BCUT2D eigenvalue weighted by atomic mass is 9.98. The minimum Gasteiger partial charge on any atom is -0.479 e. The number of rotatable bonds is 8. The molecular weight excluding hydrogens is 430 g/mol. The number of nitrogens with zero attached hydrogens (tertiary/aromatic N) is 1. The van der Waals surface area contributed by atoms with Crippen molar-refractivity contribution in [3.8, 4) is 11.1 Å². The van der Waals surface area contributed by atoms with Gasteiger partial charge >= 0.3 is 12.1 Å². The Morgan fingerprint density at radius 2 is 1.73 bits per heavy atom. The molecule has 0 bridgehead atoms. The van der Waals surface area contributed by atoms with Crippen LogP contribution in [0.15, 0.2) is 59.1 Å². The van der Waals surface area contributed by atoms with Crippen molar-refractivity contribution < 1.29 is 33.6 Å². The molecule has 1 atom stereocenters. The lowest BCUT2D eigenvalue weighted by molar-refractivity contribution is -0.152. The minimum absolute atomic E-state index is 0.0522. The molecule has 2 amide bonds. The molecule has 3 N–H and O–H groups in total. The zero-order chi connectivity index (χ0) is 23.4. The Morgan fingerprint density at radius 3 is 2.36 bits per heavy atom. The van der Waals surface area contributed by atoms with Gasteiger partial charge in [-0.25, -0.2) is 15.1 Å². The second-order valence-corrected chi connectivity index (χ2v) is 7.39. The fourth-order valence-electron chi connectivity index (χ4n) is 3.56. The van der Waals surface area contributed by atoms with Crippen LogP contribution in [-0.4, -0.2) is 40.9 Å². The maximum atomic E-state index is 12.2. The number of carbonyl (C=O) groups excluding carboxylic acids is 2. The number of hydrogen-bond donors (Lipinski definition) is 3. The van der Waals surface area contributed by atoms with Gasteiger partial charge in [-0.1, -0.05) is 53.7 Å². The van der Waals surface area contributed by atoms with Crippen LogP contribution in [0.5, 0.6) is 0 Å².